The van der Waals surface area contributed by atoms with Gasteiger partial charge in [0, 0.05) is 12.3 Å². The van der Waals surface area contributed by atoms with E-state index in [0.717, 1.165) is 12.3 Å². The normalized spacial score (nSPS) is 11.6. The summed E-state index contributed by atoms with van der Waals surface area (Å²) in [6.07, 6.45) is 0.919. The Labute approximate surface area is 79.7 Å². The van der Waals surface area contributed by atoms with E-state index in [0.29, 0.717) is 3.97 Å². The van der Waals surface area contributed by atoms with Crippen LogP contribution in [-0.2, 0) is 0 Å². The molecule has 0 aliphatic rings. The van der Waals surface area contributed by atoms with Gasteiger partial charge in [-0.15, -0.1) is 0 Å². The first kappa shape index (κ1) is 10.3. The predicted octanol–water partition coefficient (Wildman–Crippen LogP) is 0.822. The SMILES string of the molecule is O=c1ccn(SC(F)(F)Cl)c(=O)[nH]1. The van der Waals surface area contributed by atoms with Crippen molar-refractivity contribution in [2.24, 2.45) is 0 Å². The quantitative estimate of drug-likeness (QED) is 0.763. The Morgan fingerprint density at radius 3 is 2.62 bits per heavy atom. The van der Waals surface area contributed by atoms with Gasteiger partial charge >= 0.3 is 10.4 Å². The fourth-order valence-electron chi connectivity index (χ4n) is 0.589. The number of alkyl halides is 3. The molecule has 0 amide bonds. The molecule has 0 aliphatic heterocycles. The summed E-state index contributed by atoms with van der Waals surface area (Å²) in [5.74, 6) is 0. The Balaban J connectivity index is 3.04. The summed E-state index contributed by atoms with van der Waals surface area (Å²) >= 11 is 4.36. The Kier molecular flexibility index (Phi) is 2.77. The van der Waals surface area contributed by atoms with Crippen LogP contribution in [0.5, 0.6) is 0 Å². The molecule has 8 heteroatoms. The first-order valence-corrected chi connectivity index (χ1v) is 4.12. The molecule has 0 saturated carbocycles. The number of nitrogens with zero attached hydrogens (tertiary/aromatic N) is 1. The van der Waals surface area contributed by atoms with Crippen LogP contribution in [0.4, 0.5) is 8.78 Å². The van der Waals surface area contributed by atoms with E-state index in [2.05, 4.69) is 11.6 Å². The molecule has 1 aromatic rings. The van der Waals surface area contributed by atoms with E-state index in [1.165, 1.54) is 0 Å². The second-order valence-corrected chi connectivity index (χ2v) is 3.76. The average molecular weight is 229 g/mol. The van der Waals surface area contributed by atoms with E-state index in [9.17, 15) is 18.4 Å². The molecule has 72 valence electrons. The smallest absolute Gasteiger partial charge is 0.273 e. The number of hydrogen-bond acceptors (Lipinski definition) is 3. The third-order valence-electron chi connectivity index (χ3n) is 0.993. The second-order valence-electron chi connectivity index (χ2n) is 1.97. The lowest BCUT2D eigenvalue weighted by Gasteiger charge is -2.06. The highest BCUT2D eigenvalue weighted by molar-refractivity contribution is 8.00. The Morgan fingerprint density at radius 1 is 1.54 bits per heavy atom. The van der Waals surface area contributed by atoms with Crippen LogP contribution >= 0.6 is 23.5 Å². The molecule has 1 heterocycles. The summed E-state index contributed by atoms with van der Waals surface area (Å²) in [7, 11) is 0. The zero-order valence-corrected chi connectivity index (χ0v) is 7.53. The minimum Gasteiger partial charge on any atom is -0.273 e. The fourth-order valence-corrected chi connectivity index (χ4v) is 1.28. The van der Waals surface area contributed by atoms with Crippen molar-refractivity contribution in [3.8, 4) is 0 Å². The van der Waals surface area contributed by atoms with Crippen LogP contribution in [0.2, 0.25) is 0 Å². The van der Waals surface area contributed by atoms with Crippen LogP contribution in [0.15, 0.2) is 21.9 Å². The van der Waals surface area contributed by atoms with Crippen molar-refractivity contribution in [1.29, 1.82) is 0 Å². The molecule has 0 aliphatic carbocycles. The van der Waals surface area contributed by atoms with E-state index in [-0.39, 0.29) is 11.9 Å². The van der Waals surface area contributed by atoms with E-state index in [1.54, 1.807) is 4.98 Å². The van der Waals surface area contributed by atoms with E-state index < -0.39 is 16.0 Å². The molecular formula is C5H3ClF2N2O2S. The Hall–Kier alpha value is -0.820. The third kappa shape index (κ3) is 3.19. The molecule has 0 saturated heterocycles. The molecule has 4 nitrogen and oxygen atoms in total. The molecule has 0 aromatic carbocycles. The average Bonchev–Trinajstić information content (AvgIpc) is 1.93. The molecule has 0 atom stereocenters. The topological polar surface area (TPSA) is 54.9 Å². The first-order valence-electron chi connectivity index (χ1n) is 2.97. The van der Waals surface area contributed by atoms with Crippen LogP contribution in [0.3, 0.4) is 0 Å². The van der Waals surface area contributed by atoms with Crippen molar-refractivity contribution in [2.45, 2.75) is 4.71 Å². The van der Waals surface area contributed by atoms with Crippen molar-refractivity contribution in [3.63, 3.8) is 0 Å². The van der Waals surface area contributed by atoms with E-state index in [4.69, 9.17) is 0 Å². The summed E-state index contributed by atoms with van der Waals surface area (Å²) in [6.45, 7) is 0. The predicted molar refractivity (Wildman–Crippen MR) is 45.1 cm³/mol. The van der Waals surface area contributed by atoms with Crippen molar-refractivity contribution >= 4 is 23.5 Å². The van der Waals surface area contributed by atoms with Crippen molar-refractivity contribution in [3.05, 3.63) is 33.1 Å². The van der Waals surface area contributed by atoms with Gasteiger partial charge in [0.15, 0.2) is 0 Å². The van der Waals surface area contributed by atoms with Crippen LogP contribution in [0, 0.1) is 0 Å². The van der Waals surface area contributed by atoms with E-state index in [1.807, 2.05) is 0 Å². The van der Waals surface area contributed by atoms with Crippen LogP contribution < -0.4 is 11.2 Å². The van der Waals surface area contributed by atoms with Gasteiger partial charge in [-0.3, -0.25) is 9.78 Å². The summed E-state index contributed by atoms with van der Waals surface area (Å²) in [6, 6.07) is 0.941. The molecule has 0 unspecified atom stereocenters. The van der Waals surface area contributed by atoms with Crippen molar-refractivity contribution in [1.82, 2.24) is 8.96 Å². The Morgan fingerprint density at radius 2 is 2.15 bits per heavy atom. The number of aromatic amines is 1. The molecule has 1 N–H and O–H groups in total. The van der Waals surface area contributed by atoms with Crippen molar-refractivity contribution in [2.75, 3.05) is 0 Å². The van der Waals surface area contributed by atoms with Crippen LogP contribution in [-0.4, -0.2) is 13.7 Å². The number of nitrogens with one attached hydrogen (secondary N) is 1. The maximum atomic E-state index is 12.2. The summed E-state index contributed by atoms with van der Waals surface area (Å²) in [5, 5.41) is 0. The number of hydrogen-bond donors (Lipinski definition) is 1. The van der Waals surface area contributed by atoms with Gasteiger partial charge < -0.3 is 0 Å². The third-order valence-corrected chi connectivity index (χ3v) is 1.89. The molecule has 0 fully saturated rings. The van der Waals surface area contributed by atoms with E-state index >= 15 is 0 Å². The lowest BCUT2D eigenvalue weighted by molar-refractivity contribution is 0.202. The number of halogens is 3. The van der Waals surface area contributed by atoms with Gasteiger partial charge in [-0.05, 0) is 11.6 Å². The van der Waals surface area contributed by atoms with Gasteiger partial charge in [0.1, 0.15) is 0 Å². The molecule has 1 rings (SSSR count). The standard InChI is InChI=1S/C5H3ClF2N2O2S/c6-5(7,8)13-10-2-1-3(11)9-4(10)12/h1-2H,(H,9,11,12). The zero-order chi connectivity index (χ0) is 10.1. The molecule has 0 radical (unpaired) electrons. The molecule has 0 bridgehead atoms. The number of aromatic nitrogens is 2. The summed E-state index contributed by atoms with van der Waals surface area (Å²) in [4.78, 5) is 23.1. The lowest BCUT2D eigenvalue weighted by atomic mass is 10.7. The minimum atomic E-state index is -3.58. The number of rotatable bonds is 2. The Bertz CT molecular complexity index is 410. The minimum absolute atomic E-state index is 0.198. The first-order chi connectivity index (χ1) is 5.88. The highest BCUT2D eigenvalue weighted by atomic mass is 35.5. The maximum absolute atomic E-state index is 12.2. The monoisotopic (exact) mass is 228 g/mol. The van der Waals surface area contributed by atoms with Gasteiger partial charge in [0.25, 0.3) is 5.56 Å². The largest absolute Gasteiger partial charge is 0.390 e. The lowest BCUT2D eigenvalue weighted by Crippen LogP contribution is -2.27. The molecular weight excluding hydrogens is 226 g/mol. The summed E-state index contributed by atoms with van der Waals surface area (Å²) < 4.78 is 21.3. The molecule has 0 spiro atoms. The zero-order valence-electron chi connectivity index (χ0n) is 5.96. The highest BCUT2D eigenvalue weighted by Crippen LogP contribution is 2.32. The van der Waals surface area contributed by atoms with Gasteiger partial charge in [0.05, 0.1) is 11.9 Å². The van der Waals surface area contributed by atoms with Crippen LogP contribution in [0.1, 0.15) is 0 Å². The van der Waals surface area contributed by atoms with Crippen LogP contribution in [0.25, 0.3) is 0 Å². The van der Waals surface area contributed by atoms with Gasteiger partial charge in [-0.25, -0.2) is 8.77 Å². The molecule has 13 heavy (non-hydrogen) atoms. The second kappa shape index (κ2) is 3.51. The fraction of sp³-hybridized carbons (Fsp3) is 0.200. The summed E-state index contributed by atoms with van der Waals surface area (Å²) in [5.41, 5.74) is -1.60. The van der Waals surface area contributed by atoms with Gasteiger partial charge in [0.2, 0.25) is 0 Å². The van der Waals surface area contributed by atoms with Gasteiger partial charge in [-0.2, -0.15) is 8.78 Å². The maximum Gasteiger partial charge on any atom is 0.390 e. The van der Waals surface area contributed by atoms with Gasteiger partial charge in [-0.1, -0.05) is 0 Å². The van der Waals surface area contributed by atoms with Crippen molar-refractivity contribution < 1.29 is 8.78 Å². The number of H-pyrrole nitrogens is 1. The highest BCUT2D eigenvalue weighted by Gasteiger charge is 2.27. The molecule has 1 aromatic heterocycles.